The number of aryl methyl sites for hydroxylation is 2. The van der Waals surface area contributed by atoms with E-state index in [9.17, 15) is 4.79 Å². The fourth-order valence-corrected chi connectivity index (χ4v) is 2.78. The predicted octanol–water partition coefficient (Wildman–Crippen LogP) is 3.93. The highest BCUT2D eigenvalue weighted by atomic mass is 16.6. The van der Waals surface area contributed by atoms with E-state index in [0.717, 1.165) is 29.8 Å². The van der Waals surface area contributed by atoms with Gasteiger partial charge in [-0.25, -0.2) is 14.8 Å². The maximum atomic E-state index is 12.4. The number of anilines is 2. The molecule has 3 heterocycles. The summed E-state index contributed by atoms with van der Waals surface area (Å²) in [5, 5.41) is 10.2. The number of rotatable bonds is 3. The minimum atomic E-state index is -0.527. The molecule has 8 nitrogen and oxygen atoms in total. The number of hydrogen-bond donors (Lipinski definition) is 2. The summed E-state index contributed by atoms with van der Waals surface area (Å²) in [5.74, 6) is 1.97. The second kappa shape index (κ2) is 7.38. The molecule has 0 bridgehead atoms. The van der Waals surface area contributed by atoms with Crippen molar-refractivity contribution in [3.8, 4) is 0 Å². The molecule has 0 saturated heterocycles. The van der Waals surface area contributed by atoms with Gasteiger partial charge in [-0.2, -0.15) is 5.10 Å². The summed E-state index contributed by atoms with van der Waals surface area (Å²) >= 11 is 0. The van der Waals surface area contributed by atoms with Crippen LogP contribution in [0.5, 0.6) is 0 Å². The van der Waals surface area contributed by atoms with E-state index in [-0.39, 0.29) is 6.09 Å². The van der Waals surface area contributed by atoms with Crippen LogP contribution in [-0.2, 0) is 4.74 Å². The van der Waals surface area contributed by atoms with Crippen LogP contribution in [0.25, 0.3) is 5.57 Å². The highest BCUT2D eigenvalue weighted by Crippen LogP contribution is 2.25. The lowest BCUT2D eigenvalue weighted by molar-refractivity contribution is 0.0329. The zero-order valence-electron chi connectivity index (χ0n) is 16.5. The van der Waals surface area contributed by atoms with Crippen molar-refractivity contribution in [2.75, 3.05) is 11.9 Å². The molecular formula is C19H26N6O2. The molecule has 0 saturated carbocycles. The first-order valence-corrected chi connectivity index (χ1v) is 9.05. The standard InChI is InChI=1S/C19H26N6O2/c1-12-9-15(21-16-10-13(2)23-24-16)22-17(20-12)14-7-6-8-25(11-14)18(26)27-19(3,4)5/h9-11H,6-8H2,1-5H3,(H2,20,21,22,23,24). The van der Waals surface area contributed by atoms with Crippen LogP contribution < -0.4 is 5.32 Å². The van der Waals surface area contributed by atoms with Crippen LogP contribution in [0, 0.1) is 13.8 Å². The van der Waals surface area contributed by atoms with Crippen molar-refractivity contribution in [3.63, 3.8) is 0 Å². The van der Waals surface area contributed by atoms with Crippen molar-refractivity contribution < 1.29 is 9.53 Å². The van der Waals surface area contributed by atoms with Crippen molar-refractivity contribution in [2.24, 2.45) is 0 Å². The lowest BCUT2D eigenvalue weighted by Crippen LogP contribution is -2.35. The second-order valence-electron chi connectivity index (χ2n) is 7.71. The van der Waals surface area contributed by atoms with E-state index >= 15 is 0 Å². The third kappa shape index (κ3) is 5.06. The molecule has 2 N–H and O–H groups in total. The molecule has 1 aliphatic heterocycles. The van der Waals surface area contributed by atoms with Crippen molar-refractivity contribution in [1.29, 1.82) is 0 Å². The molecule has 3 rings (SSSR count). The van der Waals surface area contributed by atoms with Gasteiger partial charge in [0.25, 0.3) is 0 Å². The minimum absolute atomic E-state index is 0.349. The smallest absolute Gasteiger partial charge is 0.414 e. The maximum Gasteiger partial charge on any atom is 0.414 e. The first kappa shape index (κ1) is 18.9. The van der Waals surface area contributed by atoms with Gasteiger partial charge in [-0.05, 0) is 47.5 Å². The average molecular weight is 370 g/mol. The Morgan fingerprint density at radius 3 is 2.67 bits per heavy atom. The lowest BCUT2D eigenvalue weighted by Gasteiger charge is -2.28. The number of carbonyl (C=O) groups excluding carboxylic acids is 1. The molecule has 8 heteroatoms. The summed E-state index contributed by atoms with van der Waals surface area (Å²) < 4.78 is 5.47. The Balaban J connectivity index is 1.83. The Labute approximate surface area is 159 Å². The maximum absolute atomic E-state index is 12.4. The van der Waals surface area contributed by atoms with E-state index in [1.807, 2.05) is 46.8 Å². The van der Waals surface area contributed by atoms with Gasteiger partial charge in [0.15, 0.2) is 11.6 Å². The first-order chi connectivity index (χ1) is 12.7. The van der Waals surface area contributed by atoms with Crippen LogP contribution in [-0.4, -0.2) is 43.3 Å². The van der Waals surface area contributed by atoms with Crippen LogP contribution in [0.2, 0.25) is 0 Å². The summed E-state index contributed by atoms with van der Waals surface area (Å²) in [6, 6.07) is 3.77. The largest absolute Gasteiger partial charge is 0.443 e. The Kier molecular flexibility index (Phi) is 5.16. The van der Waals surface area contributed by atoms with Crippen LogP contribution in [0.4, 0.5) is 16.4 Å². The van der Waals surface area contributed by atoms with Crippen LogP contribution in [0.1, 0.15) is 50.8 Å². The van der Waals surface area contributed by atoms with Gasteiger partial charge in [-0.15, -0.1) is 0 Å². The Bertz CT molecular complexity index is 865. The van der Waals surface area contributed by atoms with E-state index in [4.69, 9.17) is 4.74 Å². The lowest BCUT2D eigenvalue weighted by atomic mass is 10.1. The van der Waals surface area contributed by atoms with Gasteiger partial charge in [-0.1, -0.05) is 0 Å². The third-order valence-corrected chi connectivity index (χ3v) is 3.89. The van der Waals surface area contributed by atoms with Gasteiger partial charge in [0.2, 0.25) is 0 Å². The molecule has 2 aromatic heterocycles. The van der Waals surface area contributed by atoms with Gasteiger partial charge < -0.3 is 10.1 Å². The molecule has 0 unspecified atom stereocenters. The SMILES string of the molecule is Cc1cc(Nc2cc(C)[nH]n2)nc(C2=CN(C(=O)OC(C)(C)C)CCC2)n1. The number of nitrogens with one attached hydrogen (secondary N) is 2. The summed E-state index contributed by atoms with van der Waals surface area (Å²) in [5.41, 5.74) is 2.19. The highest BCUT2D eigenvalue weighted by Gasteiger charge is 2.24. The fraction of sp³-hybridized carbons (Fsp3) is 0.474. The fourth-order valence-electron chi connectivity index (χ4n) is 2.78. The first-order valence-electron chi connectivity index (χ1n) is 9.05. The van der Waals surface area contributed by atoms with Gasteiger partial charge in [0, 0.05) is 41.8 Å². The highest BCUT2D eigenvalue weighted by molar-refractivity contribution is 5.74. The van der Waals surface area contributed by atoms with E-state index < -0.39 is 5.60 Å². The number of nitrogens with zero attached hydrogens (tertiary/aromatic N) is 4. The molecule has 0 radical (unpaired) electrons. The van der Waals surface area contributed by atoms with Crippen LogP contribution in [0.15, 0.2) is 18.3 Å². The molecule has 1 amide bonds. The van der Waals surface area contributed by atoms with E-state index in [2.05, 4.69) is 25.5 Å². The summed E-state index contributed by atoms with van der Waals surface area (Å²) in [6.07, 6.45) is 3.10. The summed E-state index contributed by atoms with van der Waals surface area (Å²) in [4.78, 5) is 23.1. The molecule has 0 aliphatic carbocycles. The quantitative estimate of drug-likeness (QED) is 0.850. The van der Waals surface area contributed by atoms with Crippen molar-refractivity contribution in [2.45, 2.75) is 53.1 Å². The number of amides is 1. The molecule has 2 aromatic rings. The number of hydrogen-bond acceptors (Lipinski definition) is 6. The molecular weight excluding hydrogens is 344 g/mol. The van der Waals surface area contributed by atoms with Gasteiger partial charge in [-0.3, -0.25) is 10.00 Å². The number of allylic oxidation sites excluding steroid dienone is 1. The Morgan fingerprint density at radius 2 is 2.00 bits per heavy atom. The average Bonchev–Trinajstić information content (AvgIpc) is 2.98. The number of aromatic nitrogens is 4. The van der Waals surface area contributed by atoms with E-state index in [1.165, 1.54) is 0 Å². The number of carbonyl (C=O) groups is 1. The molecule has 0 aromatic carbocycles. The Morgan fingerprint density at radius 1 is 1.22 bits per heavy atom. The topological polar surface area (TPSA) is 96.0 Å². The normalized spacial score (nSPS) is 14.7. The molecule has 27 heavy (non-hydrogen) atoms. The van der Waals surface area contributed by atoms with Crippen molar-refractivity contribution in [3.05, 3.63) is 35.5 Å². The zero-order valence-corrected chi connectivity index (χ0v) is 16.5. The van der Waals surface area contributed by atoms with E-state index in [0.29, 0.717) is 24.0 Å². The van der Waals surface area contributed by atoms with Gasteiger partial charge in [0.1, 0.15) is 11.4 Å². The van der Waals surface area contributed by atoms with Crippen LogP contribution >= 0.6 is 0 Å². The number of ether oxygens (including phenoxy) is 1. The summed E-state index contributed by atoms with van der Waals surface area (Å²) in [7, 11) is 0. The number of aromatic amines is 1. The zero-order chi connectivity index (χ0) is 19.6. The molecule has 0 atom stereocenters. The monoisotopic (exact) mass is 370 g/mol. The van der Waals surface area contributed by atoms with Gasteiger partial charge >= 0.3 is 6.09 Å². The minimum Gasteiger partial charge on any atom is -0.443 e. The predicted molar refractivity (Wildman–Crippen MR) is 104 cm³/mol. The van der Waals surface area contributed by atoms with Crippen molar-refractivity contribution in [1.82, 2.24) is 25.1 Å². The van der Waals surface area contributed by atoms with Crippen LogP contribution in [0.3, 0.4) is 0 Å². The van der Waals surface area contributed by atoms with E-state index in [1.54, 1.807) is 11.1 Å². The summed E-state index contributed by atoms with van der Waals surface area (Å²) in [6.45, 7) is 10.1. The third-order valence-electron chi connectivity index (χ3n) is 3.89. The Hall–Kier alpha value is -2.90. The molecule has 0 spiro atoms. The number of H-pyrrole nitrogens is 1. The molecule has 1 aliphatic rings. The molecule has 0 fully saturated rings. The van der Waals surface area contributed by atoms with Crippen molar-refractivity contribution >= 4 is 23.3 Å². The molecule has 144 valence electrons. The van der Waals surface area contributed by atoms with Gasteiger partial charge in [0.05, 0.1) is 0 Å². The second-order valence-corrected chi connectivity index (χ2v) is 7.71.